The summed E-state index contributed by atoms with van der Waals surface area (Å²) < 4.78 is 0. The van der Waals surface area contributed by atoms with Gasteiger partial charge in [-0.3, -0.25) is 0 Å². The molecule has 16 heavy (non-hydrogen) atoms. The van der Waals surface area contributed by atoms with Gasteiger partial charge in [-0.05, 0) is 30.7 Å². The molecule has 0 aromatic heterocycles. The van der Waals surface area contributed by atoms with E-state index in [9.17, 15) is 14.7 Å². The van der Waals surface area contributed by atoms with E-state index in [2.05, 4.69) is 0 Å². The van der Waals surface area contributed by atoms with Gasteiger partial charge in [0, 0.05) is 11.7 Å². The van der Waals surface area contributed by atoms with Gasteiger partial charge in [0.1, 0.15) is 0 Å². The first-order chi connectivity index (χ1) is 7.45. The van der Waals surface area contributed by atoms with Crippen LogP contribution in [0.5, 0.6) is 0 Å². The molecule has 0 saturated heterocycles. The van der Waals surface area contributed by atoms with Gasteiger partial charge >= 0.3 is 8.56 Å². The van der Waals surface area contributed by atoms with E-state index < -0.39 is 14.3 Å². The molecule has 0 heterocycles. The van der Waals surface area contributed by atoms with Crippen LogP contribution < -0.4 is 11.5 Å². The van der Waals surface area contributed by atoms with Crippen LogP contribution in [0.1, 0.15) is 12.0 Å². The second-order valence-corrected chi connectivity index (χ2v) is 6.67. The van der Waals surface area contributed by atoms with E-state index in [1.54, 1.807) is 24.3 Å². The summed E-state index contributed by atoms with van der Waals surface area (Å²) in [6.07, 6.45) is 0.203. The number of benzene rings is 1. The van der Waals surface area contributed by atoms with Crippen molar-refractivity contribution < 1.29 is 14.7 Å². The zero-order valence-electron chi connectivity index (χ0n) is 9.00. The van der Waals surface area contributed by atoms with Crippen molar-refractivity contribution in [3.05, 3.63) is 29.8 Å². The molecule has 1 unspecified atom stereocenters. The Morgan fingerprint density at radius 2 is 1.75 bits per heavy atom. The van der Waals surface area contributed by atoms with Crippen LogP contribution >= 0.6 is 0 Å². The van der Waals surface area contributed by atoms with Crippen LogP contribution in [-0.4, -0.2) is 35.5 Å². The molecule has 90 valence electrons. The maximum atomic E-state index is 9.79. The number of aliphatic hydroxyl groups excluding tert-OH is 1. The number of hydrogen-bond acceptors (Lipinski definition) is 5. The highest BCUT2D eigenvalue weighted by atomic mass is 28.4. The lowest BCUT2D eigenvalue weighted by Crippen LogP contribution is -2.51. The molecule has 7 N–H and O–H groups in total. The Balaban J connectivity index is 2.68. The number of nitrogens with two attached hydrogens (primary N) is 2. The summed E-state index contributed by atoms with van der Waals surface area (Å²) in [7, 11) is -3.65. The normalized spacial score (nSPS) is 13.8. The highest BCUT2D eigenvalue weighted by Gasteiger charge is 2.38. The van der Waals surface area contributed by atoms with Crippen molar-refractivity contribution in [1.29, 1.82) is 0 Å². The first-order valence-electron chi connectivity index (χ1n) is 5.13. The number of hydrogen-bond donors (Lipinski definition) is 5. The van der Waals surface area contributed by atoms with Gasteiger partial charge in [0.2, 0.25) is 0 Å². The van der Waals surface area contributed by atoms with Crippen LogP contribution in [0.2, 0.25) is 0 Å². The zero-order chi connectivity index (χ0) is 12.2. The summed E-state index contributed by atoms with van der Waals surface area (Å²) in [5.74, 6) is 0. The molecule has 0 saturated carbocycles. The molecule has 0 bridgehead atoms. The molecule has 0 aliphatic carbocycles. The Morgan fingerprint density at radius 3 is 2.25 bits per heavy atom. The molecular weight excluding hydrogens is 224 g/mol. The van der Waals surface area contributed by atoms with Gasteiger partial charge in [-0.2, -0.15) is 0 Å². The number of aliphatic hydroxyl groups is 1. The van der Waals surface area contributed by atoms with Crippen molar-refractivity contribution in [1.82, 2.24) is 0 Å². The fourth-order valence-electron chi connectivity index (χ4n) is 1.44. The van der Waals surface area contributed by atoms with Crippen LogP contribution in [0, 0.1) is 0 Å². The standard InChI is InChI=1S/C10H18N2O3Si/c11-6-5-10(13)16(14,15)7-8-1-3-9(12)4-2-8/h1-4,10,13-15H,5-7,11-12H2. The lowest BCUT2D eigenvalue weighted by molar-refractivity contribution is 0.170. The SMILES string of the molecule is NCCC(O)[Si](O)(O)Cc1ccc(N)cc1. The largest absolute Gasteiger partial charge is 0.409 e. The fraction of sp³-hybridized carbons (Fsp3) is 0.400. The monoisotopic (exact) mass is 242 g/mol. The summed E-state index contributed by atoms with van der Waals surface area (Å²) in [4.78, 5) is 19.6. The van der Waals surface area contributed by atoms with Gasteiger partial charge in [0.05, 0.1) is 5.73 Å². The molecule has 0 spiro atoms. The summed E-state index contributed by atoms with van der Waals surface area (Å²) in [5, 5.41) is 9.55. The van der Waals surface area contributed by atoms with E-state index in [0.717, 1.165) is 5.56 Å². The molecule has 1 atom stereocenters. The molecule has 0 radical (unpaired) electrons. The number of anilines is 1. The predicted octanol–water partition coefficient (Wildman–Crippen LogP) is -0.974. The maximum absolute atomic E-state index is 9.79. The minimum Gasteiger partial charge on any atom is -0.409 e. The topological polar surface area (TPSA) is 113 Å². The summed E-state index contributed by atoms with van der Waals surface area (Å²) in [6, 6.07) is 6.90. The molecule has 0 aliphatic heterocycles. The third-order valence-corrected chi connectivity index (χ3v) is 4.70. The molecule has 1 aromatic rings. The molecule has 1 rings (SSSR count). The Morgan fingerprint density at radius 1 is 1.19 bits per heavy atom. The number of rotatable bonds is 5. The van der Waals surface area contributed by atoms with Crippen molar-refractivity contribution in [2.75, 3.05) is 12.3 Å². The van der Waals surface area contributed by atoms with Gasteiger partial charge in [-0.1, -0.05) is 12.1 Å². The third-order valence-electron chi connectivity index (χ3n) is 2.42. The van der Waals surface area contributed by atoms with Crippen LogP contribution in [0.25, 0.3) is 0 Å². The van der Waals surface area contributed by atoms with Gasteiger partial charge in [0.25, 0.3) is 0 Å². The van der Waals surface area contributed by atoms with Crippen LogP contribution in [0.4, 0.5) is 5.69 Å². The highest BCUT2D eigenvalue weighted by molar-refractivity contribution is 6.65. The van der Waals surface area contributed by atoms with E-state index >= 15 is 0 Å². The second kappa shape index (κ2) is 5.42. The van der Waals surface area contributed by atoms with Gasteiger partial charge in [-0.15, -0.1) is 0 Å². The van der Waals surface area contributed by atoms with Crippen LogP contribution in [0.3, 0.4) is 0 Å². The first kappa shape index (κ1) is 13.1. The average molecular weight is 242 g/mol. The molecular formula is C10H18N2O3Si. The Hall–Kier alpha value is -0.923. The van der Waals surface area contributed by atoms with Gasteiger partial charge in [-0.25, -0.2) is 0 Å². The van der Waals surface area contributed by atoms with E-state index in [1.807, 2.05) is 0 Å². The Labute approximate surface area is 95.6 Å². The quantitative estimate of drug-likeness (QED) is 0.337. The minimum atomic E-state index is -3.65. The minimum absolute atomic E-state index is 0.0778. The molecule has 0 amide bonds. The van der Waals surface area contributed by atoms with Crippen molar-refractivity contribution in [2.24, 2.45) is 5.73 Å². The predicted molar refractivity (Wildman–Crippen MR) is 64.4 cm³/mol. The highest BCUT2D eigenvalue weighted by Crippen LogP contribution is 2.14. The zero-order valence-corrected chi connectivity index (χ0v) is 10.0. The maximum Gasteiger partial charge on any atom is 0.366 e. The van der Waals surface area contributed by atoms with E-state index in [-0.39, 0.29) is 19.0 Å². The third kappa shape index (κ3) is 3.58. The van der Waals surface area contributed by atoms with E-state index in [0.29, 0.717) is 5.69 Å². The lowest BCUT2D eigenvalue weighted by Gasteiger charge is -2.23. The van der Waals surface area contributed by atoms with Gasteiger partial charge in [0.15, 0.2) is 0 Å². The van der Waals surface area contributed by atoms with Crippen molar-refractivity contribution in [3.8, 4) is 0 Å². The van der Waals surface area contributed by atoms with E-state index in [4.69, 9.17) is 11.5 Å². The van der Waals surface area contributed by atoms with Crippen molar-refractivity contribution >= 4 is 14.2 Å². The Kier molecular flexibility index (Phi) is 4.45. The fourth-order valence-corrected chi connectivity index (χ4v) is 3.14. The first-order valence-corrected chi connectivity index (χ1v) is 7.31. The van der Waals surface area contributed by atoms with Crippen LogP contribution in [0.15, 0.2) is 24.3 Å². The molecule has 6 heteroatoms. The molecule has 0 aliphatic rings. The van der Waals surface area contributed by atoms with Gasteiger partial charge < -0.3 is 26.2 Å². The number of nitrogen functional groups attached to an aromatic ring is 1. The second-order valence-electron chi connectivity index (χ2n) is 3.89. The molecule has 0 fully saturated rings. The van der Waals surface area contributed by atoms with E-state index in [1.165, 1.54) is 0 Å². The molecule has 1 aromatic carbocycles. The van der Waals surface area contributed by atoms with Crippen LogP contribution in [-0.2, 0) is 6.04 Å². The summed E-state index contributed by atoms with van der Waals surface area (Å²) in [6.45, 7) is 0.235. The Bertz CT molecular complexity index is 329. The van der Waals surface area contributed by atoms with Crippen molar-refractivity contribution in [2.45, 2.75) is 18.2 Å². The summed E-state index contributed by atoms with van der Waals surface area (Å²) >= 11 is 0. The van der Waals surface area contributed by atoms with Crippen molar-refractivity contribution in [3.63, 3.8) is 0 Å². The average Bonchev–Trinajstić information content (AvgIpc) is 2.21. The summed E-state index contributed by atoms with van der Waals surface area (Å²) in [5.41, 5.74) is 11.0. The molecule has 5 nitrogen and oxygen atoms in total. The lowest BCUT2D eigenvalue weighted by atomic mass is 10.2. The smallest absolute Gasteiger partial charge is 0.366 e.